The van der Waals surface area contributed by atoms with Gasteiger partial charge in [0.05, 0.1) is 22.7 Å². The summed E-state index contributed by atoms with van der Waals surface area (Å²) in [5.74, 6) is 0.564. The summed E-state index contributed by atoms with van der Waals surface area (Å²) >= 11 is 0. The lowest BCUT2D eigenvalue weighted by molar-refractivity contribution is -0.384. The molecule has 0 bridgehead atoms. The first-order chi connectivity index (χ1) is 7.20. The number of nitro groups is 1. The van der Waals surface area contributed by atoms with Crippen molar-refractivity contribution in [3.63, 3.8) is 0 Å². The molecule has 0 aliphatic carbocycles. The van der Waals surface area contributed by atoms with Gasteiger partial charge in [-0.05, 0) is 12.5 Å². The van der Waals surface area contributed by atoms with E-state index in [2.05, 4.69) is 12.2 Å². The second-order valence-corrected chi connectivity index (χ2v) is 3.50. The molecule has 1 unspecified atom stereocenters. The predicted octanol–water partition coefficient (Wildman–Crippen LogP) is 2.18. The first-order valence-corrected chi connectivity index (χ1v) is 4.88. The molecule has 0 spiro atoms. The van der Waals surface area contributed by atoms with Crippen LogP contribution in [0.2, 0.25) is 0 Å². The quantitative estimate of drug-likeness (QED) is 0.597. The lowest BCUT2D eigenvalue weighted by atomic mass is 10.1. The topological polar surface area (TPSA) is 64.4 Å². The van der Waals surface area contributed by atoms with Gasteiger partial charge in [-0.15, -0.1) is 0 Å². The largest absolute Gasteiger partial charge is 0.489 e. The van der Waals surface area contributed by atoms with Crippen molar-refractivity contribution in [2.45, 2.75) is 19.4 Å². The van der Waals surface area contributed by atoms with Crippen LogP contribution in [0.1, 0.15) is 13.3 Å². The van der Waals surface area contributed by atoms with E-state index < -0.39 is 4.92 Å². The average molecular weight is 208 g/mol. The summed E-state index contributed by atoms with van der Waals surface area (Å²) in [6.07, 6.45) is 0.969. The molecule has 2 rings (SSSR count). The van der Waals surface area contributed by atoms with E-state index in [1.165, 1.54) is 12.1 Å². The van der Waals surface area contributed by atoms with Crippen LogP contribution < -0.4 is 10.1 Å². The molecule has 1 aromatic carbocycles. The van der Waals surface area contributed by atoms with E-state index in [4.69, 9.17) is 4.74 Å². The van der Waals surface area contributed by atoms with Crippen molar-refractivity contribution in [2.75, 3.05) is 11.9 Å². The molecule has 1 atom stereocenters. The molecule has 15 heavy (non-hydrogen) atoms. The molecule has 0 fully saturated rings. The molecule has 1 N–H and O–H groups in total. The molecular weight excluding hydrogens is 196 g/mol. The average Bonchev–Trinajstić information content (AvgIpc) is 2.27. The summed E-state index contributed by atoms with van der Waals surface area (Å²) in [6.45, 7) is 2.63. The van der Waals surface area contributed by atoms with Crippen LogP contribution in [0.5, 0.6) is 5.75 Å². The van der Waals surface area contributed by atoms with Gasteiger partial charge < -0.3 is 10.1 Å². The third kappa shape index (κ3) is 1.86. The molecular formula is C10H12N2O3. The minimum absolute atomic E-state index is 0.0606. The predicted molar refractivity (Wildman–Crippen MR) is 56.3 cm³/mol. The number of ether oxygens (including phenoxy) is 1. The van der Waals surface area contributed by atoms with E-state index in [1.54, 1.807) is 6.07 Å². The van der Waals surface area contributed by atoms with Crippen LogP contribution in [0.25, 0.3) is 0 Å². The fourth-order valence-electron chi connectivity index (χ4n) is 1.54. The zero-order valence-corrected chi connectivity index (χ0v) is 8.40. The number of rotatable bonds is 2. The van der Waals surface area contributed by atoms with Gasteiger partial charge in [0.2, 0.25) is 0 Å². The number of nitro benzene ring substituents is 1. The molecule has 5 nitrogen and oxygen atoms in total. The highest BCUT2D eigenvalue weighted by atomic mass is 16.6. The summed E-state index contributed by atoms with van der Waals surface area (Å²) in [5.41, 5.74) is 0.893. The minimum Gasteiger partial charge on any atom is -0.489 e. The van der Waals surface area contributed by atoms with Gasteiger partial charge in [0.25, 0.3) is 5.69 Å². The van der Waals surface area contributed by atoms with Crippen LogP contribution in [0.4, 0.5) is 11.4 Å². The SMILES string of the molecule is CCC1COc2cc([N+](=O)[O-])ccc2N1. The van der Waals surface area contributed by atoms with Crippen molar-refractivity contribution in [2.24, 2.45) is 0 Å². The third-order valence-electron chi connectivity index (χ3n) is 2.47. The van der Waals surface area contributed by atoms with E-state index in [-0.39, 0.29) is 5.69 Å². The monoisotopic (exact) mass is 208 g/mol. The summed E-state index contributed by atoms with van der Waals surface area (Å²) in [4.78, 5) is 10.1. The number of benzene rings is 1. The van der Waals surface area contributed by atoms with Crippen LogP contribution in [0.3, 0.4) is 0 Å². The first-order valence-electron chi connectivity index (χ1n) is 4.88. The Morgan fingerprint density at radius 1 is 1.67 bits per heavy atom. The highest BCUT2D eigenvalue weighted by molar-refractivity contribution is 5.62. The molecule has 0 amide bonds. The van der Waals surface area contributed by atoms with Crippen LogP contribution in [0.15, 0.2) is 18.2 Å². The van der Waals surface area contributed by atoms with Gasteiger partial charge in [-0.2, -0.15) is 0 Å². The van der Waals surface area contributed by atoms with Crippen molar-refractivity contribution in [1.29, 1.82) is 0 Å². The van der Waals surface area contributed by atoms with E-state index in [9.17, 15) is 10.1 Å². The number of anilines is 1. The molecule has 0 saturated heterocycles. The Labute approximate surface area is 87.2 Å². The second-order valence-electron chi connectivity index (χ2n) is 3.50. The fourth-order valence-corrected chi connectivity index (χ4v) is 1.54. The summed E-state index contributed by atoms with van der Waals surface area (Å²) in [5, 5.41) is 13.8. The number of nitrogens with zero attached hydrogens (tertiary/aromatic N) is 1. The van der Waals surface area contributed by atoms with Gasteiger partial charge in [-0.3, -0.25) is 10.1 Å². The van der Waals surface area contributed by atoms with E-state index in [0.29, 0.717) is 18.4 Å². The van der Waals surface area contributed by atoms with Gasteiger partial charge in [0.1, 0.15) is 12.4 Å². The summed E-state index contributed by atoms with van der Waals surface area (Å²) in [7, 11) is 0. The summed E-state index contributed by atoms with van der Waals surface area (Å²) in [6, 6.07) is 4.91. The molecule has 0 radical (unpaired) electrons. The Bertz CT molecular complexity index is 392. The maximum absolute atomic E-state index is 10.5. The van der Waals surface area contributed by atoms with Crippen molar-refractivity contribution in [3.05, 3.63) is 28.3 Å². The molecule has 80 valence electrons. The lowest BCUT2D eigenvalue weighted by Gasteiger charge is -2.26. The number of fused-ring (bicyclic) bond motifs is 1. The summed E-state index contributed by atoms with van der Waals surface area (Å²) < 4.78 is 5.45. The molecule has 1 aliphatic rings. The number of hydrogen-bond acceptors (Lipinski definition) is 4. The standard InChI is InChI=1S/C10H12N2O3/c1-2-7-6-15-10-5-8(12(13)14)3-4-9(10)11-7/h3-5,7,11H,2,6H2,1H3. The molecule has 1 heterocycles. The van der Waals surface area contributed by atoms with Crippen LogP contribution in [0, 0.1) is 10.1 Å². The van der Waals surface area contributed by atoms with Crippen molar-refractivity contribution in [1.82, 2.24) is 0 Å². The van der Waals surface area contributed by atoms with Crippen LogP contribution >= 0.6 is 0 Å². The van der Waals surface area contributed by atoms with E-state index in [0.717, 1.165) is 12.1 Å². The molecule has 0 saturated carbocycles. The Balaban J connectivity index is 2.28. The normalized spacial score (nSPS) is 18.6. The van der Waals surface area contributed by atoms with Crippen molar-refractivity contribution < 1.29 is 9.66 Å². The van der Waals surface area contributed by atoms with Gasteiger partial charge in [-0.25, -0.2) is 0 Å². The first kappa shape index (κ1) is 9.76. The van der Waals surface area contributed by atoms with E-state index >= 15 is 0 Å². The molecule has 5 heteroatoms. The van der Waals surface area contributed by atoms with Crippen molar-refractivity contribution >= 4 is 11.4 Å². The van der Waals surface area contributed by atoms with Gasteiger partial charge >= 0.3 is 0 Å². The Kier molecular flexibility index (Phi) is 2.45. The Morgan fingerprint density at radius 2 is 2.47 bits per heavy atom. The maximum Gasteiger partial charge on any atom is 0.273 e. The maximum atomic E-state index is 10.5. The number of nitrogens with one attached hydrogen (secondary N) is 1. The zero-order valence-electron chi connectivity index (χ0n) is 8.40. The molecule has 0 aromatic heterocycles. The van der Waals surface area contributed by atoms with Gasteiger partial charge in [-0.1, -0.05) is 6.92 Å². The lowest BCUT2D eigenvalue weighted by Crippen LogP contribution is -2.30. The van der Waals surface area contributed by atoms with Crippen LogP contribution in [-0.2, 0) is 0 Å². The Morgan fingerprint density at radius 3 is 3.13 bits per heavy atom. The third-order valence-corrected chi connectivity index (χ3v) is 2.47. The smallest absolute Gasteiger partial charge is 0.273 e. The fraction of sp³-hybridized carbons (Fsp3) is 0.400. The number of non-ortho nitro benzene ring substituents is 1. The van der Waals surface area contributed by atoms with Gasteiger partial charge in [0.15, 0.2) is 0 Å². The van der Waals surface area contributed by atoms with Gasteiger partial charge in [0, 0.05) is 6.07 Å². The zero-order chi connectivity index (χ0) is 10.8. The second kappa shape index (κ2) is 3.76. The highest BCUT2D eigenvalue weighted by Crippen LogP contribution is 2.32. The molecule has 1 aliphatic heterocycles. The number of hydrogen-bond donors (Lipinski definition) is 1. The Hall–Kier alpha value is -1.78. The van der Waals surface area contributed by atoms with Crippen LogP contribution in [-0.4, -0.2) is 17.6 Å². The molecule has 1 aromatic rings. The van der Waals surface area contributed by atoms with E-state index in [1.807, 2.05) is 0 Å². The highest BCUT2D eigenvalue weighted by Gasteiger charge is 2.19. The minimum atomic E-state index is -0.421. The van der Waals surface area contributed by atoms with Crippen molar-refractivity contribution in [3.8, 4) is 5.75 Å².